The number of nitrogens with zero attached hydrogens (tertiary/aromatic N) is 2. The lowest BCUT2D eigenvalue weighted by Crippen LogP contribution is -2.17. The molecule has 1 atom stereocenters. The van der Waals surface area contributed by atoms with Gasteiger partial charge in [0.1, 0.15) is 17.3 Å². The summed E-state index contributed by atoms with van der Waals surface area (Å²) in [5.74, 6) is -1.43. The summed E-state index contributed by atoms with van der Waals surface area (Å²) in [4.78, 5) is 4.56. The van der Waals surface area contributed by atoms with Gasteiger partial charge in [-0.2, -0.15) is 18.3 Å². The minimum atomic E-state index is -4.54. The van der Waals surface area contributed by atoms with Crippen molar-refractivity contribution in [2.24, 2.45) is 4.99 Å². The van der Waals surface area contributed by atoms with Gasteiger partial charge in [0.2, 0.25) is 0 Å². The molecule has 0 radical (unpaired) electrons. The van der Waals surface area contributed by atoms with Gasteiger partial charge >= 0.3 is 6.18 Å². The molecular formula is C26H20F5N3. The topological polar surface area (TPSA) is 41.0 Å². The Morgan fingerprint density at radius 3 is 2.41 bits per heavy atom. The average molecular weight is 469 g/mol. The number of benzene rings is 2. The average Bonchev–Trinajstić information content (AvgIpc) is 3.56. The van der Waals surface area contributed by atoms with Crippen LogP contribution in [0.4, 0.5) is 27.6 Å². The van der Waals surface area contributed by atoms with Crippen molar-refractivity contribution >= 4 is 17.0 Å². The lowest BCUT2D eigenvalue weighted by atomic mass is 9.76. The Bertz CT molecular complexity index is 1370. The van der Waals surface area contributed by atoms with E-state index in [1.165, 1.54) is 24.4 Å². The number of aliphatic imine (C=N–C) groups is 1. The number of hydrogen-bond acceptors (Lipinski definition) is 2. The van der Waals surface area contributed by atoms with E-state index in [2.05, 4.69) is 15.2 Å². The van der Waals surface area contributed by atoms with Crippen molar-refractivity contribution in [3.63, 3.8) is 0 Å². The summed E-state index contributed by atoms with van der Waals surface area (Å²) in [5.41, 5.74) is 1.98. The van der Waals surface area contributed by atoms with E-state index in [9.17, 15) is 13.2 Å². The zero-order chi connectivity index (χ0) is 23.8. The van der Waals surface area contributed by atoms with Crippen LogP contribution in [-0.2, 0) is 6.18 Å². The second-order valence-electron chi connectivity index (χ2n) is 9.17. The number of hydrogen-bond donors (Lipinski definition) is 1. The van der Waals surface area contributed by atoms with E-state index in [0.29, 0.717) is 40.8 Å². The predicted octanol–water partition coefficient (Wildman–Crippen LogP) is 7.67. The summed E-state index contributed by atoms with van der Waals surface area (Å²) >= 11 is 0. The SMILES string of the molecule is CCC1CC=C2C(c3c(F)cc(C4CC4)cc3F)=Nc3cn[nH]c3-c3cc(C(F)(F)F)cc1c32. The van der Waals surface area contributed by atoms with Crippen LogP contribution in [0.5, 0.6) is 0 Å². The zero-order valence-electron chi connectivity index (χ0n) is 18.2. The van der Waals surface area contributed by atoms with E-state index < -0.39 is 23.4 Å². The van der Waals surface area contributed by atoms with Gasteiger partial charge in [-0.1, -0.05) is 13.0 Å². The van der Waals surface area contributed by atoms with Crippen LogP contribution in [-0.4, -0.2) is 15.9 Å². The van der Waals surface area contributed by atoms with Crippen LogP contribution in [0.3, 0.4) is 0 Å². The third-order valence-corrected chi connectivity index (χ3v) is 7.03. The van der Waals surface area contributed by atoms with Crippen LogP contribution in [0.15, 0.2) is 41.5 Å². The van der Waals surface area contributed by atoms with Crippen LogP contribution in [0.2, 0.25) is 0 Å². The van der Waals surface area contributed by atoms with Crippen LogP contribution < -0.4 is 0 Å². The summed E-state index contributed by atoms with van der Waals surface area (Å²) in [6, 6.07) is 4.95. The highest BCUT2D eigenvalue weighted by molar-refractivity contribution is 6.35. The molecule has 1 fully saturated rings. The summed E-state index contributed by atoms with van der Waals surface area (Å²) in [6.07, 6.45) is 1.55. The molecule has 3 nitrogen and oxygen atoms in total. The highest BCUT2D eigenvalue weighted by atomic mass is 19.4. The van der Waals surface area contributed by atoms with Crippen LogP contribution >= 0.6 is 0 Å². The molecule has 2 aromatic carbocycles. The molecule has 1 saturated carbocycles. The quantitative estimate of drug-likeness (QED) is 0.393. The molecule has 174 valence electrons. The first kappa shape index (κ1) is 21.3. The maximum Gasteiger partial charge on any atom is 0.416 e. The van der Waals surface area contributed by atoms with E-state index >= 15 is 8.78 Å². The van der Waals surface area contributed by atoms with Gasteiger partial charge in [0.05, 0.1) is 28.7 Å². The molecule has 1 aromatic heterocycles. The Morgan fingerprint density at radius 1 is 1.03 bits per heavy atom. The molecule has 8 heteroatoms. The third-order valence-electron chi connectivity index (χ3n) is 7.03. The molecular weight excluding hydrogens is 449 g/mol. The van der Waals surface area contributed by atoms with E-state index in [4.69, 9.17) is 0 Å². The Labute approximate surface area is 192 Å². The number of rotatable bonds is 3. The lowest BCUT2D eigenvalue weighted by Gasteiger charge is -2.28. The van der Waals surface area contributed by atoms with Gasteiger partial charge < -0.3 is 0 Å². The zero-order valence-corrected chi connectivity index (χ0v) is 18.2. The smallest absolute Gasteiger partial charge is 0.276 e. The number of aromatic amines is 1. The van der Waals surface area contributed by atoms with Gasteiger partial charge in [-0.15, -0.1) is 0 Å². The van der Waals surface area contributed by atoms with E-state index in [-0.39, 0.29) is 34.4 Å². The van der Waals surface area contributed by atoms with Crippen molar-refractivity contribution in [3.8, 4) is 11.3 Å². The molecule has 1 N–H and O–H groups in total. The highest BCUT2D eigenvalue weighted by Gasteiger charge is 2.38. The summed E-state index contributed by atoms with van der Waals surface area (Å²) in [6.45, 7) is 1.92. The second-order valence-corrected chi connectivity index (χ2v) is 9.17. The maximum atomic E-state index is 15.4. The van der Waals surface area contributed by atoms with Crippen molar-refractivity contribution in [1.29, 1.82) is 0 Å². The molecule has 0 bridgehead atoms. The fraction of sp³-hybridized carbons (Fsp3) is 0.308. The number of halogens is 5. The summed E-state index contributed by atoms with van der Waals surface area (Å²) in [7, 11) is 0. The number of fused-ring (bicyclic) bond motifs is 2. The maximum absolute atomic E-state index is 15.4. The van der Waals surface area contributed by atoms with Crippen molar-refractivity contribution < 1.29 is 22.0 Å². The van der Waals surface area contributed by atoms with Gasteiger partial charge in [-0.3, -0.25) is 5.10 Å². The van der Waals surface area contributed by atoms with Crippen molar-refractivity contribution in [2.75, 3.05) is 0 Å². The minimum absolute atomic E-state index is 0.0781. The van der Waals surface area contributed by atoms with Gasteiger partial charge in [0, 0.05) is 11.1 Å². The monoisotopic (exact) mass is 469 g/mol. The number of nitrogens with one attached hydrogen (secondary N) is 1. The molecule has 1 unspecified atom stereocenters. The standard InChI is InChI=1S/C26H20F5N3/c1-2-12-5-6-16-22-17(12)9-15(26(29,30)31)10-18(22)24-21(11-32-34-24)33-25(16)23-19(27)7-14(8-20(23)28)13-3-4-13/h6-13H,2-5H2,1H3,(H,32,34). The second kappa shape index (κ2) is 7.35. The Hall–Kier alpha value is -3.29. The molecule has 2 aliphatic carbocycles. The molecule has 34 heavy (non-hydrogen) atoms. The van der Waals surface area contributed by atoms with Crippen LogP contribution in [0, 0.1) is 11.6 Å². The Morgan fingerprint density at radius 2 is 1.76 bits per heavy atom. The van der Waals surface area contributed by atoms with Gasteiger partial charge in [-0.05, 0) is 78.5 Å². The van der Waals surface area contributed by atoms with E-state index in [1.807, 2.05) is 13.0 Å². The fourth-order valence-electron chi connectivity index (χ4n) is 5.14. The highest BCUT2D eigenvalue weighted by Crippen LogP contribution is 2.50. The van der Waals surface area contributed by atoms with Crippen molar-refractivity contribution in [2.45, 2.75) is 50.6 Å². The van der Waals surface area contributed by atoms with Crippen molar-refractivity contribution in [3.05, 3.63) is 76.0 Å². The first-order valence-electron chi connectivity index (χ1n) is 11.3. The fourth-order valence-corrected chi connectivity index (χ4v) is 5.14. The van der Waals surface area contributed by atoms with Gasteiger partial charge in [0.15, 0.2) is 0 Å². The first-order valence-corrected chi connectivity index (χ1v) is 11.3. The molecule has 6 rings (SSSR count). The molecule has 1 aliphatic heterocycles. The molecule has 2 heterocycles. The molecule has 3 aromatic rings. The number of allylic oxidation sites excluding steroid dienone is 2. The first-order chi connectivity index (χ1) is 16.3. The number of H-pyrrole nitrogens is 1. The molecule has 3 aliphatic rings. The largest absolute Gasteiger partial charge is 0.416 e. The molecule has 0 saturated heterocycles. The van der Waals surface area contributed by atoms with Crippen LogP contribution in [0.25, 0.3) is 16.8 Å². The van der Waals surface area contributed by atoms with Crippen LogP contribution in [0.1, 0.15) is 72.3 Å². The minimum Gasteiger partial charge on any atom is -0.276 e. The van der Waals surface area contributed by atoms with Gasteiger partial charge in [0.25, 0.3) is 0 Å². The van der Waals surface area contributed by atoms with Crippen molar-refractivity contribution in [1.82, 2.24) is 10.2 Å². The Kier molecular flexibility index (Phi) is 4.60. The Balaban J connectivity index is 1.64. The van der Waals surface area contributed by atoms with Gasteiger partial charge in [-0.25, -0.2) is 13.8 Å². The van der Waals surface area contributed by atoms with E-state index in [0.717, 1.165) is 18.9 Å². The number of alkyl halides is 3. The normalized spacial score (nSPS) is 19.2. The summed E-state index contributed by atoms with van der Waals surface area (Å²) in [5, 5.41) is 6.73. The van der Waals surface area contributed by atoms with E-state index in [1.54, 1.807) is 0 Å². The number of aromatic nitrogens is 2. The predicted molar refractivity (Wildman–Crippen MR) is 119 cm³/mol. The molecule has 0 amide bonds. The summed E-state index contributed by atoms with van der Waals surface area (Å²) < 4.78 is 72.2. The molecule has 0 spiro atoms. The lowest BCUT2D eigenvalue weighted by molar-refractivity contribution is -0.137. The third kappa shape index (κ3) is 3.22.